The van der Waals surface area contributed by atoms with Gasteiger partial charge in [0, 0.05) is 7.05 Å². The number of nitrogens with zero attached hydrogens (tertiary/aromatic N) is 2. The molecule has 0 aliphatic carbocycles. The van der Waals surface area contributed by atoms with Gasteiger partial charge in [-0.1, -0.05) is 0 Å². The minimum absolute atomic E-state index is 0.382. The van der Waals surface area contributed by atoms with Gasteiger partial charge in [-0.2, -0.15) is 4.39 Å². The van der Waals surface area contributed by atoms with E-state index in [2.05, 4.69) is 9.84 Å². The zero-order chi connectivity index (χ0) is 11.0. The second-order valence-electron chi connectivity index (χ2n) is 3.14. The highest BCUT2D eigenvalue weighted by atomic mass is 19.1. The molecule has 0 aliphatic heterocycles. The fourth-order valence-corrected chi connectivity index (χ4v) is 1.46. The lowest BCUT2D eigenvalue weighted by Crippen LogP contribution is -2.01. The van der Waals surface area contributed by atoms with Crippen molar-refractivity contribution in [2.75, 3.05) is 7.11 Å². The van der Waals surface area contributed by atoms with E-state index in [0.29, 0.717) is 16.5 Å². The minimum atomic E-state index is -0.538. The van der Waals surface area contributed by atoms with Crippen LogP contribution in [0.2, 0.25) is 0 Å². The maximum Gasteiger partial charge on any atom is 0.337 e. The molecule has 1 aromatic carbocycles. The van der Waals surface area contributed by atoms with Crippen LogP contribution in [0, 0.1) is 5.95 Å². The number of aromatic nitrogens is 2. The molecule has 4 nitrogen and oxygen atoms in total. The number of aryl methyl sites for hydroxylation is 1. The summed E-state index contributed by atoms with van der Waals surface area (Å²) in [6, 6.07) is 4.58. The summed E-state index contributed by atoms with van der Waals surface area (Å²) in [4.78, 5) is 11.2. The van der Waals surface area contributed by atoms with Gasteiger partial charge in [0.05, 0.1) is 23.6 Å². The number of ether oxygens (including phenoxy) is 1. The number of hydrogen-bond acceptors (Lipinski definition) is 3. The van der Waals surface area contributed by atoms with Crippen molar-refractivity contribution in [2.24, 2.45) is 7.05 Å². The summed E-state index contributed by atoms with van der Waals surface area (Å²) in [6.45, 7) is 0. The van der Waals surface area contributed by atoms with E-state index in [-0.39, 0.29) is 0 Å². The molecular formula is C10H9FN2O2. The Morgan fingerprint density at radius 3 is 2.93 bits per heavy atom. The first-order valence-electron chi connectivity index (χ1n) is 4.34. The van der Waals surface area contributed by atoms with Crippen LogP contribution in [0.25, 0.3) is 10.9 Å². The number of esters is 1. The average Bonchev–Trinajstić information content (AvgIpc) is 2.53. The van der Waals surface area contributed by atoms with Crippen LogP contribution in [0.5, 0.6) is 0 Å². The maximum absolute atomic E-state index is 13.2. The van der Waals surface area contributed by atoms with Crippen LogP contribution in [0.1, 0.15) is 10.4 Å². The zero-order valence-electron chi connectivity index (χ0n) is 8.32. The van der Waals surface area contributed by atoms with E-state index in [0.717, 1.165) is 0 Å². The Hall–Kier alpha value is -1.91. The maximum atomic E-state index is 13.2. The van der Waals surface area contributed by atoms with Crippen molar-refractivity contribution in [1.82, 2.24) is 9.78 Å². The van der Waals surface area contributed by atoms with E-state index < -0.39 is 11.9 Å². The van der Waals surface area contributed by atoms with Gasteiger partial charge in [-0.25, -0.2) is 4.79 Å². The number of hydrogen-bond donors (Lipinski definition) is 0. The molecular weight excluding hydrogens is 199 g/mol. The lowest BCUT2D eigenvalue weighted by atomic mass is 10.1. The van der Waals surface area contributed by atoms with E-state index in [1.807, 2.05) is 0 Å². The monoisotopic (exact) mass is 208 g/mol. The Balaban J connectivity index is 2.65. The summed E-state index contributed by atoms with van der Waals surface area (Å²) in [5.74, 6) is -0.984. The predicted molar refractivity (Wildman–Crippen MR) is 52.0 cm³/mol. The van der Waals surface area contributed by atoms with Gasteiger partial charge in [0.1, 0.15) is 0 Å². The third-order valence-electron chi connectivity index (χ3n) is 2.23. The predicted octanol–water partition coefficient (Wildman–Crippen LogP) is 1.50. The molecule has 0 fully saturated rings. The summed E-state index contributed by atoms with van der Waals surface area (Å²) in [5.41, 5.74) is 0.948. The number of methoxy groups -OCH3 is 1. The van der Waals surface area contributed by atoms with Crippen molar-refractivity contribution in [2.45, 2.75) is 0 Å². The van der Waals surface area contributed by atoms with Crippen molar-refractivity contribution in [3.63, 3.8) is 0 Å². The fraction of sp³-hybridized carbons (Fsp3) is 0.200. The van der Waals surface area contributed by atoms with Crippen LogP contribution in [-0.4, -0.2) is 22.9 Å². The van der Waals surface area contributed by atoms with Crippen LogP contribution in [0.3, 0.4) is 0 Å². The van der Waals surface area contributed by atoms with Crippen molar-refractivity contribution < 1.29 is 13.9 Å². The molecule has 0 saturated heterocycles. The van der Waals surface area contributed by atoms with Gasteiger partial charge >= 0.3 is 5.97 Å². The van der Waals surface area contributed by atoms with Crippen molar-refractivity contribution in [3.05, 3.63) is 29.7 Å². The molecule has 0 spiro atoms. The SMILES string of the molecule is COC(=O)c1ccc2c(F)nn(C)c2c1. The molecule has 0 amide bonds. The molecule has 2 aromatic rings. The molecule has 78 valence electrons. The molecule has 0 unspecified atom stereocenters. The normalized spacial score (nSPS) is 10.6. The highest BCUT2D eigenvalue weighted by Gasteiger charge is 2.11. The van der Waals surface area contributed by atoms with E-state index in [1.165, 1.54) is 23.9 Å². The van der Waals surface area contributed by atoms with Gasteiger partial charge in [0.25, 0.3) is 0 Å². The largest absolute Gasteiger partial charge is 0.465 e. The first-order valence-corrected chi connectivity index (χ1v) is 4.34. The van der Waals surface area contributed by atoms with E-state index in [1.54, 1.807) is 13.1 Å². The molecule has 15 heavy (non-hydrogen) atoms. The van der Waals surface area contributed by atoms with Gasteiger partial charge in [-0.05, 0) is 18.2 Å². The highest BCUT2D eigenvalue weighted by Crippen LogP contribution is 2.18. The van der Waals surface area contributed by atoms with Gasteiger partial charge in [-0.3, -0.25) is 4.68 Å². The van der Waals surface area contributed by atoms with E-state index in [4.69, 9.17) is 0 Å². The summed E-state index contributed by atoms with van der Waals surface area (Å²) in [5, 5.41) is 4.01. The van der Waals surface area contributed by atoms with Gasteiger partial charge < -0.3 is 4.74 Å². The lowest BCUT2D eigenvalue weighted by Gasteiger charge is -1.99. The molecule has 2 rings (SSSR count). The first-order chi connectivity index (χ1) is 7.13. The third kappa shape index (κ3) is 1.45. The van der Waals surface area contributed by atoms with Crippen LogP contribution < -0.4 is 0 Å². The first kappa shape index (κ1) is 9.64. The Bertz CT molecular complexity index is 533. The second kappa shape index (κ2) is 3.34. The van der Waals surface area contributed by atoms with Gasteiger partial charge in [-0.15, -0.1) is 5.10 Å². The molecule has 0 bridgehead atoms. The van der Waals surface area contributed by atoms with Crippen molar-refractivity contribution >= 4 is 16.9 Å². The smallest absolute Gasteiger partial charge is 0.337 e. The number of rotatable bonds is 1. The summed E-state index contributed by atoms with van der Waals surface area (Å²) in [6.07, 6.45) is 0. The Morgan fingerprint density at radius 1 is 1.53 bits per heavy atom. The molecule has 0 atom stereocenters. The van der Waals surface area contributed by atoms with Crippen LogP contribution >= 0.6 is 0 Å². The van der Waals surface area contributed by atoms with E-state index >= 15 is 0 Å². The molecule has 0 saturated carbocycles. The summed E-state index contributed by atoms with van der Waals surface area (Å²) >= 11 is 0. The number of benzene rings is 1. The van der Waals surface area contributed by atoms with Crippen LogP contribution in [-0.2, 0) is 11.8 Å². The van der Waals surface area contributed by atoms with Gasteiger partial charge in [0.15, 0.2) is 0 Å². The minimum Gasteiger partial charge on any atom is -0.465 e. The molecule has 0 radical (unpaired) electrons. The number of carbonyl (C=O) groups is 1. The van der Waals surface area contributed by atoms with Crippen LogP contribution in [0.4, 0.5) is 4.39 Å². The Kier molecular flexibility index (Phi) is 2.15. The third-order valence-corrected chi connectivity index (χ3v) is 2.23. The molecule has 1 heterocycles. The van der Waals surface area contributed by atoms with Gasteiger partial charge in [0.2, 0.25) is 5.95 Å². The topological polar surface area (TPSA) is 44.1 Å². The van der Waals surface area contributed by atoms with Crippen LogP contribution in [0.15, 0.2) is 18.2 Å². The fourth-order valence-electron chi connectivity index (χ4n) is 1.46. The quantitative estimate of drug-likeness (QED) is 0.667. The zero-order valence-corrected chi connectivity index (χ0v) is 8.32. The van der Waals surface area contributed by atoms with Crippen molar-refractivity contribution in [1.29, 1.82) is 0 Å². The second-order valence-corrected chi connectivity index (χ2v) is 3.14. The number of halogens is 1. The molecule has 5 heteroatoms. The average molecular weight is 208 g/mol. The molecule has 1 aromatic heterocycles. The Labute approximate surface area is 85.3 Å². The number of carbonyl (C=O) groups excluding carboxylic acids is 1. The Morgan fingerprint density at radius 2 is 2.27 bits per heavy atom. The highest BCUT2D eigenvalue weighted by molar-refractivity contribution is 5.94. The summed E-state index contributed by atoms with van der Waals surface area (Å²) in [7, 11) is 2.92. The standard InChI is InChI=1S/C10H9FN2O2/c1-13-8-5-6(10(14)15-2)3-4-7(8)9(11)12-13/h3-5H,1-2H3. The number of fused-ring (bicyclic) bond motifs is 1. The lowest BCUT2D eigenvalue weighted by molar-refractivity contribution is 0.0601. The molecule has 0 N–H and O–H groups in total. The van der Waals surface area contributed by atoms with E-state index in [9.17, 15) is 9.18 Å². The molecule has 0 aliphatic rings. The van der Waals surface area contributed by atoms with Crippen molar-refractivity contribution in [3.8, 4) is 0 Å². The summed E-state index contributed by atoms with van der Waals surface area (Å²) < 4.78 is 19.1.